The Bertz CT molecular complexity index is 293. The molecule has 0 aliphatic carbocycles. The smallest absolute Gasteiger partial charge is 0.245 e. The van der Waals surface area contributed by atoms with Crippen LogP contribution in [0.5, 0.6) is 0 Å². The molecule has 0 saturated carbocycles. The van der Waals surface area contributed by atoms with E-state index in [0.29, 0.717) is 13.0 Å². The number of nitrogens with one attached hydrogen (secondary N) is 1. The molecular formula is C12H23N3O2. The van der Waals surface area contributed by atoms with Crippen LogP contribution in [-0.4, -0.2) is 42.4 Å². The van der Waals surface area contributed by atoms with Gasteiger partial charge in [-0.25, -0.2) is 0 Å². The summed E-state index contributed by atoms with van der Waals surface area (Å²) in [4.78, 5) is 25.7. The lowest BCUT2D eigenvalue weighted by Gasteiger charge is -2.39. The van der Waals surface area contributed by atoms with Crippen molar-refractivity contribution in [1.82, 2.24) is 10.2 Å². The standard InChI is InChI=1S/C12H23N3O2/c1-4-8(2)10-11(16)14-9(6-5-7-13)12(17)15(10)3/h8-10H,4-7,13H2,1-3H3,(H,14,16)/t8-,9+,10-/m1/s1. The normalized spacial score (nSPS) is 26.9. The second-order valence-electron chi connectivity index (χ2n) is 4.77. The van der Waals surface area contributed by atoms with Crippen LogP contribution in [0.15, 0.2) is 0 Å². The Morgan fingerprint density at radius 1 is 1.47 bits per heavy atom. The van der Waals surface area contributed by atoms with Gasteiger partial charge in [-0.05, 0) is 25.3 Å². The van der Waals surface area contributed by atoms with E-state index in [9.17, 15) is 9.59 Å². The van der Waals surface area contributed by atoms with E-state index < -0.39 is 6.04 Å². The molecule has 17 heavy (non-hydrogen) atoms. The average Bonchev–Trinajstić information content (AvgIpc) is 2.31. The zero-order valence-corrected chi connectivity index (χ0v) is 10.9. The largest absolute Gasteiger partial charge is 0.342 e. The maximum atomic E-state index is 12.1. The quantitative estimate of drug-likeness (QED) is 0.716. The van der Waals surface area contributed by atoms with Crippen LogP contribution in [-0.2, 0) is 9.59 Å². The van der Waals surface area contributed by atoms with E-state index in [1.807, 2.05) is 13.8 Å². The lowest BCUT2D eigenvalue weighted by Crippen LogP contribution is -2.63. The summed E-state index contributed by atoms with van der Waals surface area (Å²) in [5.41, 5.74) is 5.42. The first-order valence-corrected chi connectivity index (χ1v) is 6.30. The minimum Gasteiger partial charge on any atom is -0.342 e. The van der Waals surface area contributed by atoms with Crippen molar-refractivity contribution in [3.8, 4) is 0 Å². The van der Waals surface area contributed by atoms with Gasteiger partial charge >= 0.3 is 0 Å². The van der Waals surface area contributed by atoms with Gasteiger partial charge in [-0.3, -0.25) is 9.59 Å². The predicted octanol–water partition coefficient (Wildman–Crippen LogP) is 0.0968. The Morgan fingerprint density at radius 3 is 2.65 bits per heavy atom. The molecule has 1 saturated heterocycles. The first kappa shape index (κ1) is 14.0. The van der Waals surface area contributed by atoms with Gasteiger partial charge in [0.1, 0.15) is 12.1 Å². The Kier molecular flexibility index (Phi) is 4.93. The van der Waals surface area contributed by atoms with E-state index in [1.54, 1.807) is 11.9 Å². The van der Waals surface area contributed by atoms with E-state index in [4.69, 9.17) is 5.73 Å². The van der Waals surface area contributed by atoms with Gasteiger partial charge in [-0.15, -0.1) is 0 Å². The second kappa shape index (κ2) is 6.00. The van der Waals surface area contributed by atoms with Crippen LogP contribution in [0.1, 0.15) is 33.1 Å². The Morgan fingerprint density at radius 2 is 2.12 bits per heavy atom. The highest BCUT2D eigenvalue weighted by Crippen LogP contribution is 2.19. The third kappa shape index (κ3) is 2.97. The second-order valence-corrected chi connectivity index (χ2v) is 4.77. The average molecular weight is 241 g/mol. The fraction of sp³-hybridized carbons (Fsp3) is 0.833. The molecule has 1 aliphatic heterocycles. The molecule has 0 aromatic rings. The Balaban J connectivity index is 2.73. The van der Waals surface area contributed by atoms with Gasteiger partial charge in [0.25, 0.3) is 0 Å². The number of hydrogen-bond donors (Lipinski definition) is 2. The van der Waals surface area contributed by atoms with Crippen LogP contribution in [0.25, 0.3) is 0 Å². The van der Waals surface area contributed by atoms with Gasteiger partial charge in [0.2, 0.25) is 11.8 Å². The highest BCUT2D eigenvalue weighted by atomic mass is 16.2. The number of carbonyl (C=O) groups is 2. The minimum atomic E-state index is -0.392. The van der Waals surface area contributed by atoms with Crippen LogP contribution >= 0.6 is 0 Å². The van der Waals surface area contributed by atoms with E-state index in [1.165, 1.54) is 0 Å². The van der Waals surface area contributed by atoms with Crippen molar-refractivity contribution < 1.29 is 9.59 Å². The van der Waals surface area contributed by atoms with Crippen LogP contribution < -0.4 is 11.1 Å². The molecule has 3 N–H and O–H groups in total. The van der Waals surface area contributed by atoms with Gasteiger partial charge in [-0.2, -0.15) is 0 Å². The lowest BCUT2D eigenvalue weighted by molar-refractivity contribution is -0.149. The number of rotatable bonds is 5. The number of likely N-dealkylation sites (N-methyl/N-ethyl adjacent to an activating group) is 1. The van der Waals surface area contributed by atoms with Crippen molar-refractivity contribution in [3.05, 3.63) is 0 Å². The summed E-state index contributed by atoms with van der Waals surface area (Å²) in [5.74, 6) is 0.145. The van der Waals surface area contributed by atoms with E-state index in [2.05, 4.69) is 5.32 Å². The van der Waals surface area contributed by atoms with Crippen molar-refractivity contribution in [1.29, 1.82) is 0 Å². The van der Waals surface area contributed by atoms with Crippen molar-refractivity contribution in [2.24, 2.45) is 11.7 Å². The number of hydrogen-bond acceptors (Lipinski definition) is 3. The fourth-order valence-corrected chi connectivity index (χ4v) is 2.26. The van der Waals surface area contributed by atoms with Gasteiger partial charge in [-0.1, -0.05) is 20.3 Å². The number of nitrogens with two attached hydrogens (primary N) is 1. The molecule has 1 fully saturated rings. The number of piperazine rings is 1. The van der Waals surface area contributed by atoms with Crippen LogP contribution in [0.4, 0.5) is 0 Å². The van der Waals surface area contributed by atoms with E-state index in [-0.39, 0.29) is 23.8 Å². The highest BCUT2D eigenvalue weighted by Gasteiger charge is 2.40. The number of amides is 2. The maximum absolute atomic E-state index is 12.1. The summed E-state index contributed by atoms with van der Waals surface area (Å²) in [7, 11) is 1.72. The molecule has 0 bridgehead atoms. The Labute approximate surface area is 103 Å². The van der Waals surface area contributed by atoms with Crippen LogP contribution in [0.2, 0.25) is 0 Å². The topological polar surface area (TPSA) is 75.4 Å². The molecule has 0 aromatic heterocycles. The van der Waals surface area contributed by atoms with Crippen LogP contribution in [0.3, 0.4) is 0 Å². The molecule has 0 spiro atoms. The summed E-state index contributed by atoms with van der Waals surface area (Å²) in [6, 6.07) is -0.724. The first-order chi connectivity index (χ1) is 8.02. The molecule has 5 nitrogen and oxygen atoms in total. The van der Waals surface area contributed by atoms with Gasteiger partial charge in [0.15, 0.2) is 0 Å². The van der Waals surface area contributed by atoms with Gasteiger partial charge < -0.3 is 16.0 Å². The highest BCUT2D eigenvalue weighted by molar-refractivity contribution is 5.96. The number of carbonyl (C=O) groups excluding carboxylic acids is 2. The molecule has 0 radical (unpaired) electrons. The molecule has 3 atom stereocenters. The monoisotopic (exact) mass is 241 g/mol. The predicted molar refractivity (Wildman–Crippen MR) is 66.2 cm³/mol. The SMILES string of the molecule is CC[C@@H](C)[C@@H]1C(=O)N[C@@H](CCCN)C(=O)N1C. The fourth-order valence-electron chi connectivity index (χ4n) is 2.26. The minimum absolute atomic E-state index is 0.00310. The molecule has 1 rings (SSSR count). The molecular weight excluding hydrogens is 218 g/mol. The molecule has 5 heteroatoms. The zero-order valence-electron chi connectivity index (χ0n) is 10.9. The third-order valence-electron chi connectivity index (χ3n) is 3.53. The summed E-state index contributed by atoms with van der Waals surface area (Å²) in [5, 5.41) is 2.81. The molecule has 98 valence electrons. The summed E-state index contributed by atoms with van der Waals surface area (Å²) < 4.78 is 0. The van der Waals surface area contributed by atoms with Crippen molar-refractivity contribution in [3.63, 3.8) is 0 Å². The molecule has 0 unspecified atom stereocenters. The molecule has 2 amide bonds. The lowest BCUT2D eigenvalue weighted by atomic mass is 9.93. The molecule has 0 aromatic carbocycles. The molecule has 1 aliphatic rings. The molecule has 1 heterocycles. The summed E-state index contributed by atoms with van der Waals surface area (Å²) >= 11 is 0. The summed E-state index contributed by atoms with van der Waals surface area (Å²) in [6.07, 6.45) is 2.25. The van der Waals surface area contributed by atoms with Crippen LogP contribution in [0, 0.1) is 5.92 Å². The number of nitrogens with zero attached hydrogens (tertiary/aromatic N) is 1. The van der Waals surface area contributed by atoms with Gasteiger partial charge in [0.05, 0.1) is 0 Å². The maximum Gasteiger partial charge on any atom is 0.245 e. The van der Waals surface area contributed by atoms with E-state index >= 15 is 0 Å². The first-order valence-electron chi connectivity index (χ1n) is 6.30. The van der Waals surface area contributed by atoms with Crippen molar-refractivity contribution in [2.75, 3.05) is 13.6 Å². The zero-order chi connectivity index (χ0) is 13.0. The van der Waals surface area contributed by atoms with Crippen molar-refractivity contribution >= 4 is 11.8 Å². The van der Waals surface area contributed by atoms with E-state index in [0.717, 1.165) is 12.8 Å². The third-order valence-corrected chi connectivity index (χ3v) is 3.53. The Hall–Kier alpha value is -1.10. The van der Waals surface area contributed by atoms with Gasteiger partial charge in [0, 0.05) is 7.05 Å². The summed E-state index contributed by atoms with van der Waals surface area (Å²) in [6.45, 7) is 4.56. The van der Waals surface area contributed by atoms with Crippen molar-refractivity contribution in [2.45, 2.75) is 45.2 Å².